The summed E-state index contributed by atoms with van der Waals surface area (Å²) in [6.45, 7) is 3.71. The third-order valence-corrected chi connectivity index (χ3v) is 6.93. The van der Waals surface area contributed by atoms with Gasteiger partial charge in [0.1, 0.15) is 6.10 Å². The van der Waals surface area contributed by atoms with Crippen LogP contribution in [0.2, 0.25) is 0 Å². The number of carbonyl (C=O) groups is 3. The van der Waals surface area contributed by atoms with Crippen LogP contribution in [0.4, 0.5) is 4.79 Å². The predicted octanol–water partition coefficient (Wildman–Crippen LogP) is 5.93. The van der Waals surface area contributed by atoms with Crippen LogP contribution < -0.4 is 5.32 Å². The number of ether oxygens (including phenoxy) is 1. The lowest BCUT2D eigenvalue weighted by Gasteiger charge is -2.16. The molecule has 1 atom stereocenters. The molecule has 8 nitrogen and oxygen atoms in total. The Balaban J connectivity index is 1.31. The van der Waals surface area contributed by atoms with Crippen LogP contribution in [-0.2, 0) is 19.7 Å². The van der Waals surface area contributed by atoms with Gasteiger partial charge in [0.25, 0.3) is 5.91 Å². The summed E-state index contributed by atoms with van der Waals surface area (Å²) in [4.78, 5) is 36.6. The van der Waals surface area contributed by atoms with E-state index >= 15 is 0 Å². The monoisotopic (exact) mass is 495 g/mol. The van der Waals surface area contributed by atoms with E-state index in [1.165, 1.54) is 0 Å². The second-order valence-corrected chi connectivity index (χ2v) is 9.30. The Labute approximate surface area is 213 Å². The average molecular weight is 496 g/mol. The summed E-state index contributed by atoms with van der Waals surface area (Å²) in [6, 6.07) is 22.4. The van der Waals surface area contributed by atoms with Crippen LogP contribution in [0.15, 0.2) is 88.8 Å². The number of azo groups is 1. The van der Waals surface area contributed by atoms with Crippen LogP contribution in [0.1, 0.15) is 48.1 Å². The van der Waals surface area contributed by atoms with E-state index < -0.39 is 29.5 Å². The van der Waals surface area contributed by atoms with Gasteiger partial charge in [-0.2, -0.15) is 0 Å². The van der Waals surface area contributed by atoms with Crippen molar-refractivity contribution in [2.75, 3.05) is 0 Å². The van der Waals surface area contributed by atoms with Crippen LogP contribution in [0.3, 0.4) is 0 Å². The van der Waals surface area contributed by atoms with Gasteiger partial charge in [-0.05, 0) is 60.1 Å². The molecule has 0 bridgehead atoms. The summed E-state index contributed by atoms with van der Waals surface area (Å²) in [5, 5.41) is 19.5. The van der Waals surface area contributed by atoms with E-state index in [-0.39, 0.29) is 11.4 Å². The number of aliphatic carboxylic acids is 1. The lowest BCUT2D eigenvalue weighted by atomic mass is 9.93. The summed E-state index contributed by atoms with van der Waals surface area (Å²) >= 11 is 0. The molecule has 1 unspecified atom stereocenters. The largest absolute Gasteiger partial charge is 0.481 e. The van der Waals surface area contributed by atoms with Gasteiger partial charge >= 0.3 is 12.1 Å². The van der Waals surface area contributed by atoms with Crippen molar-refractivity contribution in [2.45, 2.75) is 38.2 Å². The van der Waals surface area contributed by atoms with Crippen molar-refractivity contribution in [3.05, 3.63) is 101 Å². The first kappa shape index (κ1) is 24.1. The predicted molar refractivity (Wildman–Crippen MR) is 136 cm³/mol. The smallest absolute Gasteiger partial charge is 0.413 e. The number of rotatable bonds is 7. The third kappa shape index (κ3) is 4.65. The SMILES string of the molecule is Cc1ccccc1C(C)OC(=O)NC1=C(c2ccc(-c3ccc(C4(C(=O)O)CC4)cc3)cc2)C(=O)N=N1. The molecule has 0 aromatic heterocycles. The van der Waals surface area contributed by atoms with Gasteiger partial charge in [-0.1, -0.05) is 72.8 Å². The van der Waals surface area contributed by atoms with Crippen molar-refractivity contribution < 1.29 is 24.2 Å². The highest BCUT2D eigenvalue weighted by atomic mass is 16.6. The Kier molecular flexibility index (Phi) is 6.17. The van der Waals surface area contributed by atoms with Crippen LogP contribution in [-0.4, -0.2) is 23.1 Å². The summed E-state index contributed by atoms with van der Waals surface area (Å²) in [5.41, 5.74) is 4.51. The maximum absolute atomic E-state index is 12.5. The number of amides is 2. The number of benzene rings is 3. The van der Waals surface area contributed by atoms with Gasteiger partial charge in [-0.3, -0.25) is 14.9 Å². The Morgan fingerprint density at radius 1 is 0.919 bits per heavy atom. The van der Waals surface area contributed by atoms with Gasteiger partial charge in [0.15, 0.2) is 5.82 Å². The van der Waals surface area contributed by atoms with Gasteiger partial charge in [-0.25, -0.2) is 4.79 Å². The first-order chi connectivity index (χ1) is 17.8. The molecule has 1 aliphatic heterocycles. The lowest BCUT2D eigenvalue weighted by molar-refractivity contribution is -0.140. The molecule has 186 valence electrons. The Morgan fingerprint density at radius 3 is 2.11 bits per heavy atom. The van der Waals surface area contributed by atoms with Gasteiger partial charge in [0.2, 0.25) is 0 Å². The average Bonchev–Trinajstić information content (AvgIpc) is 3.63. The summed E-state index contributed by atoms with van der Waals surface area (Å²) < 4.78 is 5.49. The van der Waals surface area contributed by atoms with E-state index in [1.54, 1.807) is 19.1 Å². The van der Waals surface area contributed by atoms with E-state index in [2.05, 4.69) is 15.5 Å². The fourth-order valence-corrected chi connectivity index (χ4v) is 4.60. The number of aryl methyl sites for hydroxylation is 1. The third-order valence-electron chi connectivity index (χ3n) is 6.93. The van der Waals surface area contributed by atoms with Crippen LogP contribution >= 0.6 is 0 Å². The van der Waals surface area contributed by atoms with Gasteiger partial charge in [-0.15, -0.1) is 10.2 Å². The fraction of sp³-hybridized carbons (Fsp3) is 0.207. The topological polar surface area (TPSA) is 117 Å². The molecular formula is C29H25N3O5. The Hall–Kier alpha value is -4.59. The molecular weight excluding hydrogens is 470 g/mol. The van der Waals surface area contributed by atoms with Gasteiger partial charge < -0.3 is 9.84 Å². The maximum atomic E-state index is 12.5. The number of alkyl carbamates (subject to hydrolysis) is 1. The van der Waals surface area contributed by atoms with Crippen LogP contribution in [0.25, 0.3) is 16.7 Å². The quantitative estimate of drug-likeness (QED) is 0.421. The minimum atomic E-state index is -0.784. The number of hydrogen-bond donors (Lipinski definition) is 2. The molecule has 1 saturated carbocycles. The van der Waals surface area contributed by atoms with E-state index in [1.807, 2.05) is 67.6 Å². The van der Waals surface area contributed by atoms with E-state index in [0.29, 0.717) is 18.4 Å². The lowest BCUT2D eigenvalue weighted by Crippen LogP contribution is -2.25. The Morgan fingerprint density at radius 2 is 1.51 bits per heavy atom. The zero-order chi connectivity index (χ0) is 26.2. The molecule has 2 aliphatic rings. The molecule has 37 heavy (non-hydrogen) atoms. The number of carbonyl (C=O) groups excluding carboxylic acids is 2. The zero-order valence-corrected chi connectivity index (χ0v) is 20.4. The van der Waals surface area contributed by atoms with Crippen molar-refractivity contribution in [1.29, 1.82) is 0 Å². The van der Waals surface area contributed by atoms with E-state index in [4.69, 9.17) is 4.74 Å². The molecule has 1 aliphatic carbocycles. The highest BCUT2D eigenvalue weighted by Gasteiger charge is 2.51. The second kappa shape index (κ2) is 9.46. The minimum Gasteiger partial charge on any atom is -0.481 e. The zero-order valence-electron chi connectivity index (χ0n) is 20.4. The van der Waals surface area contributed by atoms with Gasteiger partial charge in [0, 0.05) is 0 Å². The molecule has 1 fully saturated rings. The van der Waals surface area contributed by atoms with Crippen LogP contribution in [0.5, 0.6) is 0 Å². The van der Waals surface area contributed by atoms with Crippen LogP contribution in [0, 0.1) is 6.92 Å². The standard InChI is InChI=1S/C29H25N3O5/c1-17-5-3-4-6-23(17)18(2)37-28(36)30-25-24(26(33)32-31-25)21-9-7-19(8-10-21)20-11-13-22(14-12-20)29(15-16-29)27(34)35/h3-14,18H,15-16H2,1-2H3,(H,30,36)(H,34,35). The van der Waals surface area contributed by atoms with Crippen molar-refractivity contribution >= 4 is 23.5 Å². The number of carboxylic acid groups (broad SMARTS) is 1. The first-order valence-corrected chi connectivity index (χ1v) is 12.0. The van der Waals surface area contributed by atoms with Crippen molar-refractivity contribution in [1.82, 2.24) is 5.32 Å². The van der Waals surface area contributed by atoms with Crippen molar-refractivity contribution in [2.24, 2.45) is 10.2 Å². The Bertz CT molecular complexity index is 1450. The molecule has 2 N–H and O–H groups in total. The highest BCUT2D eigenvalue weighted by molar-refractivity contribution is 6.22. The summed E-state index contributed by atoms with van der Waals surface area (Å²) in [6.07, 6.45) is 0.0907. The molecule has 8 heteroatoms. The molecule has 0 radical (unpaired) electrons. The normalized spacial score (nSPS) is 16.4. The van der Waals surface area contributed by atoms with E-state index in [9.17, 15) is 19.5 Å². The molecule has 2 amide bonds. The molecule has 3 aromatic rings. The minimum absolute atomic E-state index is 0.0347. The first-order valence-electron chi connectivity index (χ1n) is 12.0. The van der Waals surface area contributed by atoms with Crippen molar-refractivity contribution in [3.8, 4) is 11.1 Å². The second-order valence-electron chi connectivity index (χ2n) is 9.30. The molecule has 0 saturated heterocycles. The van der Waals surface area contributed by atoms with E-state index in [0.717, 1.165) is 27.8 Å². The van der Waals surface area contributed by atoms with Gasteiger partial charge in [0.05, 0.1) is 11.0 Å². The van der Waals surface area contributed by atoms with Crippen molar-refractivity contribution in [3.63, 3.8) is 0 Å². The molecule has 1 heterocycles. The number of hydrogen-bond acceptors (Lipinski definition) is 5. The number of nitrogens with one attached hydrogen (secondary N) is 1. The molecule has 0 spiro atoms. The molecule has 5 rings (SSSR count). The maximum Gasteiger partial charge on any atom is 0.413 e. The number of nitrogens with zero attached hydrogens (tertiary/aromatic N) is 2. The highest BCUT2D eigenvalue weighted by Crippen LogP contribution is 2.48. The summed E-state index contributed by atoms with van der Waals surface area (Å²) in [7, 11) is 0. The molecule has 3 aromatic carbocycles. The summed E-state index contributed by atoms with van der Waals surface area (Å²) in [5.74, 6) is -1.30. The fourth-order valence-electron chi connectivity index (χ4n) is 4.60. The number of carboxylic acids is 1.